The third kappa shape index (κ3) is 5.16. The van der Waals surface area contributed by atoms with Gasteiger partial charge in [-0.25, -0.2) is 0 Å². The lowest BCUT2D eigenvalue weighted by Gasteiger charge is -2.00. The van der Waals surface area contributed by atoms with E-state index in [1.54, 1.807) is 0 Å². The van der Waals surface area contributed by atoms with Crippen molar-refractivity contribution in [3.05, 3.63) is 5.88 Å². The summed E-state index contributed by atoms with van der Waals surface area (Å²) in [5, 5.41) is 0. The zero-order valence-electron chi connectivity index (χ0n) is 2.59. The Morgan fingerprint density at radius 2 is 1.33 bits per heavy atom. The van der Waals surface area contributed by atoms with Crippen LogP contribution in [0.15, 0.2) is 0 Å². The first-order valence-electron chi connectivity index (χ1n) is 1.07. The third-order valence-corrected chi connectivity index (χ3v) is 1.11. The molecule has 0 saturated carbocycles. The van der Waals surface area contributed by atoms with Crippen LogP contribution in [-0.4, -0.2) is 3.79 Å². The van der Waals surface area contributed by atoms with E-state index in [2.05, 4.69) is 0 Å². The van der Waals surface area contributed by atoms with E-state index in [-0.39, 0.29) is 0 Å². The van der Waals surface area contributed by atoms with Gasteiger partial charge in [0.25, 0.3) is 0 Å². The molecular weight excluding hydrogens is 166 g/mol. The van der Waals surface area contributed by atoms with Crippen molar-refractivity contribution < 1.29 is 0 Å². The van der Waals surface area contributed by atoms with Gasteiger partial charge in [-0.1, -0.05) is 34.8 Å². The number of rotatable bonds is 0. The molecule has 0 rings (SSSR count). The molecule has 0 N–H and O–H groups in total. The highest BCUT2D eigenvalue weighted by atomic mass is 35.6. The van der Waals surface area contributed by atoms with Crippen LogP contribution in [0.2, 0.25) is 0 Å². The lowest BCUT2D eigenvalue weighted by molar-refractivity contribution is 1.43. The highest BCUT2D eigenvalue weighted by Crippen LogP contribution is 2.30. The zero-order valence-corrected chi connectivity index (χ0v) is 5.61. The minimum atomic E-state index is -1.40. The SMILES string of the molecule is Cl[CH]C(Cl)(Cl)Cl. The standard InChI is InChI=1S/C2HCl4/c3-1-2(4,5)6/h1H. The summed E-state index contributed by atoms with van der Waals surface area (Å²) < 4.78 is -1.40. The maximum Gasteiger partial charge on any atom is 0.208 e. The van der Waals surface area contributed by atoms with Crippen LogP contribution in [0.1, 0.15) is 0 Å². The van der Waals surface area contributed by atoms with Gasteiger partial charge in [0.05, 0.1) is 0 Å². The van der Waals surface area contributed by atoms with Crippen LogP contribution in [-0.2, 0) is 0 Å². The number of hydrogen-bond acceptors (Lipinski definition) is 0. The smallest absolute Gasteiger partial charge is 0.117 e. The Morgan fingerprint density at radius 3 is 1.33 bits per heavy atom. The van der Waals surface area contributed by atoms with Crippen molar-refractivity contribution >= 4 is 46.4 Å². The van der Waals surface area contributed by atoms with Gasteiger partial charge in [0.15, 0.2) is 0 Å². The molecule has 0 saturated heterocycles. The molecule has 0 aliphatic heterocycles. The van der Waals surface area contributed by atoms with E-state index in [1.807, 2.05) is 0 Å². The highest BCUT2D eigenvalue weighted by molar-refractivity contribution is 6.71. The normalized spacial score (nSPS) is 12.0. The van der Waals surface area contributed by atoms with Crippen LogP contribution in [0.4, 0.5) is 0 Å². The van der Waals surface area contributed by atoms with E-state index >= 15 is 0 Å². The molecule has 0 spiro atoms. The summed E-state index contributed by atoms with van der Waals surface area (Å²) >= 11 is 20.1. The largest absolute Gasteiger partial charge is 0.208 e. The molecular formula is C2HCl4. The molecule has 0 aromatic carbocycles. The van der Waals surface area contributed by atoms with Gasteiger partial charge in [-0.05, 0) is 0 Å². The van der Waals surface area contributed by atoms with Crippen LogP contribution in [0.25, 0.3) is 0 Å². The Hall–Kier alpha value is 1.16. The molecule has 0 heterocycles. The van der Waals surface area contributed by atoms with Gasteiger partial charge in [-0.15, -0.1) is 11.6 Å². The molecule has 0 fully saturated rings. The molecule has 0 aromatic rings. The lowest BCUT2D eigenvalue weighted by Crippen LogP contribution is -1.95. The highest BCUT2D eigenvalue weighted by Gasteiger charge is 2.16. The van der Waals surface area contributed by atoms with E-state index in [0.29, 0.717) is 0 Å². The Kier molecular flexibility index (Phi) is 2.94. The molecule has 1 radical (unpaired) electrons. The first-order chi connectivity index (χ1) is 2.56. The average molecular weight is 167 g/mol. The fourth-order valence-electron chi connectivity index (χ4n) is 0. The van der Waals surface area contributed by atoms with E-state index in [9.17, 15) is 0 Å². The second kappa shape index (κ2) is 2.46. The Balaban J connectivity index is 3.17. The van der Waals surface area contributed by atoms with E-state index < -0.39 is 3.79 Å². The maximum atomic E-state index is 5.06. The van der Waals surface area contributed by atoms with Crippen LogP contribution < -0.4 is 0 Å². The molecule has 0 aromatic heterocycles. The summed E-state index contributed by atoms with van der Waals surface area (Å²) in [4.78, 5) is 0. The molecule has 0 atom stereocenters. The summed E-state index contributed by atoms with van der Waals surface area (Å²) in [5.74, 6) is 0.956. The van der Waals surface area contributed by atoms with Gasteiger partial charge in [0.2, 0.25) is 3.79 Å². The lowest BCUT2D eigenvalue weighted by atomic mass is 10.9. The molecule has 0 nitrogen and oxygen atoms in total. The third-order valence-electron chi connectivity index (χ3n) is 0.124. The predicted octanol–water partition coefficient (Wildman–Crippen LogP) is 2.76. The van der Waals surface area contributed by atoms with Gasteiger partial charge in [-0.2, -0.15) is 0 Å². The Morgan fingerprint density at radius 1 is 1.17 bits per heavy atom. The van der Waals surface area contributed by atoms with E-state index in [0.717, 1.165) is 5.88 Å². The van der Waals surface area contributed by atoms with Gasteiger partial charge in [0, 0.05) is 0 Å². The minimum absolute atomic E-state index is 0.956. The van der Waals surface area contributed by atoms with Crippen LogP contribution in [0, 0.1) is 5.88 Å². The Bertz CT molecular complexity index is 35.3. The van der Waals surface area contributed by atoms with Crippen molar-refractivity contribution in [1.82, 2.24) is 0 Å². The monoisotopic (exact) mass is 165 g/mol. The fraction of sp³-hybridized carbons (Fsp3) is 0.500. The summed E-state index contributed by atoms with van der Waals surface area (Å²) in [6.45, 7) is 0. The molecule has 0 amide bonds. The van der Waals surface area contributed by atoms with Crippen molar-refractivity contribution in [3.63, 3.8) is 0 Å². The summed E-state index contributed by atoms with van der Waals surface area (Å²) in [5.41, 5.74) is 0. The molecule has 0 bridgehead atoms. The molecule has 0 aliphatic carbocycles. The van der Waals surface area contributed by atoms with Crippen molar-refractivity contribution in [1.29, 1.82) is 0 Å². The first-order valence-corrected chi connectivity index (χ1v) is 2.64. The topological polar surface area (TPSA) is 0 Å². The van der Waals surface area contributed by atoms with Gasteiger partial charge >= 0.3 is 0 Å². The first kappa shape index (κ1) is 7.16. The maximum absolute atomic E-state index is 5.06. The van der Waals surface area contributed by atoms with Crippen molar-refractivity contribution in [3.8, 4) is 0 Å². The van der Waals surface area contributed by atoms with Crippen LogP contribution >= 0.6 is 46.4 Å². The van der Waals surface area contributed by atoms with Crippen molar-refractivity contribution in [2.24, 2.45) is 0 Å². The molecule has 6 heavy (non-hydrogen) atoms. The van der Waals surface area contributed by atoms with Gasteiger partial charge < -0.3 is 0 Å². The Labute approximate surface area is 56.3 Å². The quantitative estimate of drug-likeness (QED) is 0.486. The van der Waals surface area contributed by atoms with Crippen molar-refractivity contribution in [2.75, 3.05) is 0 Å². The van der Waals surface area contributed by atoms with Crippen LogP contribution in [0.5, 0.6) is 0 Å². The molecule has 37 valence electrons. The van der Waals surface area contributed by atoms with Gasteiger partial charge in [-0.3, -0.25) is 0 Å². The molecule has 0 unspecified atom stereocenters. The predicted molar refractivity (Wildman–Crippen MR) is 30.4 cm³/mol. The summed E-state index contributed by atoms with van der Waals surface area (Å²) in [7, 11) is 0. The zero-order chi connectivity index (χ0) is 5.21. The van der Waals surface area contributed by atoms with Crippen molar-refractivity contribution in [2.45, 2.75) is 3.79 Å². The van der Waals surface area contributed by atoms with E-state index in [1.165, 1.54) is 0 Å². The molecule has 4 heteroatoms. The van der Waals surface area contributed by atoms with Crippen LogP contribution in [0.3, 0.4) is 0 Å². The summed E-state index contributed by atoms with van der Waals surface area (Å²) in [6, 6.07) is 0. The fourth-order valence-corrected chi connectivity index (χ4v) is 0. The molecule has 0 aliphatic rings. The summed E-state index contributed by atoms with van der Waals surface area (Å²) in [6.07, 6.45) is 0. The number of halogens is 4. The second-order valence-electron chi connectivity index (χ2n) is 0.651. The van der Waals surface area contributed by atoms with Gasteiger partial charge in [0.1, 0.15) is 5.88 Å². The second-order valence-corrected chi connectivity index (χ2v) is 3.24. The number of hydrogen-bond donors (Lipinski definition) is 0. The minimum Gasteiger partial charge on any atom is -0.117 e. The average Bonchev–Trinajstić information content (AvgIpc) is 1.35. The number of alkyl halides is 3. The van der Waals surface area contributed by atoms with E-state index in [4.69, 9.17) is 46.4 Å².